The molecule has 2 aromatic rings. The number of hydrogen-bond donors (Lipinski definition) is 0. The molecule has 3 rings (SSSR count). The van der Waals surface area contributed by atoms with Crippen LogP contribution in [0.15, 0.2) is 41.3 Å². The predicted octanol–water partition coefficient (Wildman–Crippen LogP) is 5.72. The maximum absolute atomic E-state index is 14.8. The lowest BCUT2D eigenvalue weighted by Gasteiger charge is -2.26. The highest BCUT2D eigenvalue weighted by Crippen LogP contribution is 2.30. The summed E-state index contributed by atoms with van der Waals surface area (Å²) in [5.74, 6) is 0.472. The number of likely N-dealkylation sites (tertiary alicyclic amines) is 1. The second-order valence-corrected chi connectivity index (χ2v) is 9.92. The van der Waals surface area contributed by atoms with Gasteiger partial charge in [-0.15, -0.1) is 11.8 Å². The zero-order chi connectivity index (χ0) is 23.6. The molecule has 0 aromatic heterocycles. The Labute approximate surface area is 201 Å². The van der Waals surface area contributed by atoms with Crippen LogP contribution in [0.2, 0.25) is 0 Å². The van der Waals surface area contributed by atoms with Crippen LogP contribution in [0.25, 0.3) is 0 Å². The number of hydrogen-bond acceptors (Lipinski definition) is 5. The number of rotatable bonds is 12. The minimum absolute atomic E-state index is 0.145. The van der Waals surface area contributed by atoms with Gasteiger partial charge in [-0.1, -0.05) is 44.0 Å². The number of piperidine rings is 1. The molecule has 0 amide bonds. The molecule has 1 heterocycles. The summed E-state index contributed by atoms with van der Waals surface area (Å²) in [6, 6.07) is 11.1. The highest BCUT2D eigenvalue weighted by atomic mass is 32.2. The SMILES string of the molecule is CCCC(C=O)N(C)Cc1c(C=O)cccc1SCc1ccc(CN2CCCCC2)c(F)c1. The standard InChI is InChI=1S/C27H35FN2O2S/c1-3-8-24(19-32)29(2)17-25-23(18-31)9-7-10-27(25)33-20-21-11-12-22(26(28)15-21)16-30-13-5-4-6-14-30/h7,9-12,15,18-19,24H,3-6,8,13-14,16-17,20H2,1-2H3. The van der Waals surface area contributed by atoms with E-state index in [1.165, 1.54) is 19.3 Å². The van der Waals surface area contributed by atoms with Gasteiger partial charge in [-0.3, -0.25) is 14.6 Å². The number of likely N-dealkylation sites (N-methyl/N-ethyl adjacent to an activating group) is 1. The molecule has 0 aliphatic carbocycles. The van der Waals surface area contributed by atoms with Crippen molar-refractivity contribution in [2.45, 2.75) is 68.8 Å². The first-order valence-corrected chi connectivity index (χ1v) is 12.9. The fraction of sp³-hybridized carbons (Fsp3) is 0.481. The number of carbonyl (C=O) groups is 2. The zero-order valence-corrected chi connectivity index (χ0v) is 20.6. The van der Waals surface area contributed by atoms with Crippen LogP contribution in [-0.4, -0.2) is 48.6 Å². The van der Waals surface area contributed by atoms with E-state index in [1.54, 1.807) is 17.8 Å². The molecule has 0 N–H and O–H groups in total. The topological polar surface area (TPSA) is 40.6 Å². The normalized spacial score (nSPS) is 15.5. The average Bonchev–Trinajstić information content (AvgIpc) is 2.83. The molecule has 0 saturated carbocycles. The van der Waals surface area contributed by atoms with Gasteiger partial charge in [0.15, 0.2) is 0 Å². The Morgan fingerprint density at radius 1 is 1.15 bits per heavy atom. The summed E-state index contributed by atoms with van der Waals surface area (Å²) in [6.07, 6.45) is 7.22. The van der Waals surface area contributed by atoms with Gasteiger partial charge in [0, 0.05) is 34.9 Å². The molecular formula is C27H35FN2O2S. The van der Waals surface area contributed by atoms with Crippen LogP contribution >= 0.6 is 11.8 Å². The van der Waals surface area contributed by atoms with Crippen molar-refractivity contribution in [3.63, 3.8) is 0 Å². The largest absolute Gasteiger partial charge is 0.302 e. The summed E-state index contributed by atoms with van der Waals surface area (Å²) in [6.45, 7) is 5.34. The molecule has 33 heavy (non-hydrogen) atoms. The summed E-state index contributed by atoms with van der Waals surface area (Å²) in [4.78, 5) is 28.5. The van der Waals surface area contributed by atoms with Crippen molar-refractivity contribution >= 4 is 24.3 Å². The van der Waals surface area contributed by atoms with E-state index in [9.17, 15) is 14.0 Å². The van der Waals surface area contributed by atoms with Crippen molar-refractivity contribution in [1.82, 2.24) is 9.80 Å². The van der Waals surface area contributed by atoms with Crippen molar-refractivity contribution < 1.29 is 14.0 Å². The fourth-order valence-corrected chi connectivity index (χ4v) is 5.41. The van der Waals surface area contributed by atoms with Gasteiger partial charge >= 0.3 is 0 Å². The van der Waals surface area contributed by atoms with Crippen molar-refractivity contribution in [1.29, 1.82) is 0 Å². The first-order chi connectivity index (χ1) is 16.0. The van der Waals surface area contributed by atoms with Gasteiger partial charge in [0.25, 0.3) is 0 Å². The molecule has 2 aromatic carbocycles. The van der Waals surface area contributed by atoms with E-state index >= 15 is 0 Å². The molecule has 1 aliphatic heterocycles. The molecule has 1 unspecified atom stereocenters. The smallest absolute Gasteiger partial charge is 0.150 e. The number of thioether (sulfide) groups is 1. The van der Waals surface area contributed by atoms with Gasteiger partial charge in [0.2, 0.25) is 0 Å². The lowest BCUT2D eigenvalue weighted by molar-refractivity contribution is -0.112. The van der Waals surface area contributed by atoms with Crippen molar-refractivity contribution in [3.8, 4) is 0 Å². The maximum atomic E-state index is 14.8. The number of carbonyl (C=O) groups excluding carboxylic acids is 2. The Balaban J connectivity index is 1.69. The van der Waals surface area contributed by atoms with Crippen LogP contribution < -0.4 is 0 Å². The Bertz CT molecular complexity index is 930. The van der Waals surface area contributed by atoms with E-state index in [0.29, 0.717) is 24.4 Å². The van der Waals surface area contributed by atoms with Crippen LogP contribution in [0.1, 0.15) is 66.1 Å². The molecule has 0 spiro atoms. The van der Waals surface area contributed by atoms with E-state index in [-0.39, 0.29) is 11.9 Å². The molecule has 4 nitrogen and oxygen atoms in total. The first kappa shape index (κ1) is 25.6. The minimum atomic E-state index is -0.172. The second kappa shape index (κ2) is 13.0. The lowest BCUT2D eigenvalue weighted by atomic mass is 10.1. The molecule has 1 saturated heterocycles. The Morgan fingerprint density at radius 2 is 1.94 bits per heavy atom. The average molecular weight is 471 g/mol. The van der Waals surface area contributed by atoms with E-state index in [0.717, 1.165) is 60.1 Å². The third-order valence-corrected chi connectivity index (χ3v) is 7.54. The molecular weight excluding hydrogens is 435 g/mol. The van der Waals surface area contributed by atoms with Gasteiger partial charge < -0.3 is 4.79 Å². The fourth-order valence-electron chi connectivity index (χ4n) is 4.38. The molecule has 1 fully saturated rings. The number of halogens is 1. The predicted molar refractivity (Wildman–Crippen MR) is 133 cm³/mol. The highest BCUT2D eigenvalue weighted by molar-refractivity contribution is 7.98. The van der Waals surface area contributed by atoms with Gasteiger partial charge in [0.05, 0.1) is 6.04 Å². The summed E-state index contributed by atoms with van der Waals surface area (Å²) < 4.78 is 14.8. The summed E-state index contributed by atoms with van der Waals surface area (Å²) in [5.41, 5.74) is 3.24. The van der Waals surface area contributed by atoms with E-state index < -0.39 is 0 Å². The monoisotopic (exact) mass is 470 g/mol. The maximum Gasteiger partial charge on any atom is 0.150 e. The van der Waals surface area contributed by atoms with Gasteiger partial charge in [-0.2, -0.15) is 0 Å². The molecule has 0 radical (unpaired) electrons. The third-order valence-electron chi connectivity index (χ3n) is 6.37. The third kappa shape index (κ3) is 7.23. The van der Waals surface area contributed by atoms with Crippen molar-refractivity contribution in [3.05, 3.63) is 64.5 Å². The van der Waals surface area contributed by atoms with Gasteiger partial charge in [0.1, 0.15) is 18.4 Å². The highest BCUT2D eigenvalue weighted by Gasteiger charge is 2.18. The molecule has 1 aliphatic rings. The minimum Gasteiger partial charge on any atom is -0.302 e. The molecule has 6 heteroatoms. The van der Waals surface area contributed by atoms with Gasteiger partial charge in [-0.25, -0.2) is 4.39 Å². The summed E-state index contributed by atoms with van der Waals surface area (Å²) >= 11 is 1.60. The quantitative estimate of drug-likeness (QED) is 0.293. The van der Waals surface area contributed by atoms with E-state index in [4.69, 9.17) is 0 Å². The lowest BCUT2D eigenvalue weighted by Crippen LogP contribution is -2.32. The first-order valence-electron chi connectivity index (χ1n) is 11.9. The van der Waals surface area contributed by atoms with Crippen LogP contribution in [0, 0.1) is 5.82 Å². The number of aldehydes is 2. The van der Waals surface area contributed by atoms with Crippen molar-refractivity contribution in [2.75, 3.05) is 20.1 Å². The Kier molecular flexibility index (Phi) is 10.1. The Hall–Kier alpha value is -2.02. The van der Waals surface area contributed by atoms with Crippen molar-refractivity contribution in [2.24, 2.45) is 0 Å². The number of nitrogens with zero attached hydrogens (tertiary/aromatic N) is 2. The van der Waals surface area contributed by atoms with Crippen LogP contribution in [-0.2, 0) is 23.6 Å². The molecule has 1 atom stereocenters. The second-order valence-electron chi connectivity index (χ2n) is 8.90. The van der Waals surface area contributed by atoms with E-state index in [2.05, 4.69) is 11.8 Å². The van der Waals surface area contributed by atoms with E-state index in [1.807, 2.05) is 42.3 Å². The summed E-state index contributed by atoms with van der Waals surface area (Å²) in [7, 11) is 1.92. The zero-order valence-electron chi connectivity index (χ0n) is 19.8. The molecule has 178 valence electrons. The van der Waals surface area contributed by atoms with Crippen LogP contribution in [0.4, 0.5) is 4.39 Å². The van der Waals surface area contributed by atoms with Crippen LogP contribution in [0.5, 0.6) is 0 Å². The summed E-state index contributed by atoms with van der Waals surface area (Å²) in [5, 5.41) is 0. The molecule has 0 bridgehead atoms. The van der Waals surface area contributed by atoms with Gasteiger partial charge in [-0.05, 0) is 62.7 Å². The Morgan fingerprint density at radius 3 is 2.61 bits per heavy atom. The van der Waals surface area contributed by atoms with Crippen LogP contribution in [0.3, 0.4) is 0 Å². The number of benzene rings is 2.